The van der Waals surface area contributed by atoms with Crippen molar-refractivity contribution in [3.8, 4) is 0 Å². The van der Waals surface area contributed by atoms with Gasteiger partial charge in [0.05, 0.1) is 6.61 Å². The average Bonchev–Trinajstić information content (AvgIpc) is 2.50. The Hall–Kier alpha value is -1.04. The Kier molecular flexibility index (Phi) is 5.20. The number of hydrogen-bond donors (Lipinski definition) is 0. The Bertz CT molecular complexity index is 498. The molecule has 4 fully saturated rings. The predicted molar refractivity (Wildman–Crippen MR) is 86.4 cm³/mol. The van der Waals surface area contributed by atoms with E-state index < -0.39 is 24.0 Å². The second kappa shape index (κ2) is 6.93. The number of alkyl halides is 3. The zero-order valence-electron chi connectivity index (χ0n) is 14.8. The summed E-state index contributed by atoms with van der Waals surface area (Å²) >= 11 is 0. The van der Waals surface area contributed by atoms with Crippen LogP contribution < -0.4 is 0 Å². The molecule has 0 aromatic rings. The van der Waals surface area contributed by atoms with Gasteiger partial charge in [-0.2, -0.15) is 13.2 Å². The van der Waals surface area contributed by atoms with Crippen molar-refractivity contribution in [2.75, 3.05) is 6.61 Å². The van der Waals surface area contributed by atoms with Gasteiger partial charge in [-0.25, -0.2) is 4.79 Å². The molecule has 1 atom stereocenters. The highest BCUT2D eigenvalue weighted by Gasteiger charge is 2.48. The molecule has 4 bridgehead atoms. The summed E-state index contributed by atoms with van der Waals surface area (Å²) in [5, 5.41) is 0. The molecule has 0 heterocycles. The fraction of sp³-hybridized carbons (Fsp3) is 0.842. The first-order chi connectivity index (χ1) is 11.6. The zero-order chi connectivity index (χ0) is 18.4. The maximum Gasteiger partial charge on any atom is 0.422 e. The van der Waals surface area contributed by atoms with E-state index in [1.54, 1.807) is 13.8 Å². The first-order valence-corrected chi connectivity index (χ1v) is 9.23. The Balaban J connectivity index is 1.56. The molecule has 3 nitrogen and oxygen atoms in total. The molecule has 1 unspecified atom stereocenters. The van der Waals surface area contributed by atoms with Gasteiger partial charge in [0, 0.05) is 5.92 Å². The molecular formula is C19H27F3O3. The van der Waals surface area contributed by atoms with Crippen LogP contribution in [0.4, 0.5) is 13.2 Å². The van der Waals surface area contributed by atoms with Crippen molar-refractivity contribution in [2.24, 2.45) is 35.5 Å². The molecule has 0 radical (unpaired) electrons. The Morgan fingerprint density at radius 3 is 2.04 bits per heavy atom. The van der Waals surface area contributed by atoms with Crippen molar-refractivity contribution in [3.05, 3.63) is 12.2 Å². The normalized spacial score (nSPS) is 35.0. The van der Waals surface area contributed by atoms with Crippen LogP contribution in [0.25, 0.3) is 0 Å². The van der Waals surface area contributed by atoms with E-state index in [2.05, 4.69) is 6.58 Å². The number of halogens is 3. The monoisotopic (exact) mass is 360 g/mol. The summed E-state index contributed by atoms with van der Waals surface area (Å²) in [4.78, 5) is 11.7. The molecular weight excluding hydrogens is 333 g/mol. The molecule has 4 aliphatic rings. The van der Waals surface area contributed by atoms with E-state index >= 15 is 0 Å². The van der Waals surface area contributed by atoms with Crippen LogP contribution in [0.15, 0.2) is 12.2 Å². The highest BCUT2D eigenvalue weighted by atomic mass is 19.4. The highest BCUT2D eigenvalue weighted by Crippen LogP contribution is 2.56. The maximum atomic E-state index is 12.6. The van der Waals surface area contributed by atoms with Crippen LogP contribution in [-0.2, 0) is 14.3 Å². The van der Waals surface area contributed by atoms with E-state index in [1.807, 2.05) is 0 Å². The molecule has 0 amide bonds. The number of esters is 1. The molecule has 0 saturated heterocycles. The molecule has 4 aliphatic carbocycles. The smallest absolute Gasteiger partial charge is 0.422 e. The van der Waals surface area contributed by atoms with E-state index in [4.69, 9.17) is 9.47 Å². The lowest BCUT2D eigenvalue weighted by Crippen LogP contribution is -2.47. The molecule has 0 aliphatic heterocycles. The number of carbonyl (C=O) groups excluding carboxylic acids is 1. The Labute approximate surface area is 146 Å². The lowest BCUT2D eigenvalue weighted by atomic mass is 9.52. The van der Waals surface area contributed by atoms with Crippen molar-refractivity contribution >= 4 is 5.97 Å². The Morgan fingerprint density at radius 1 is 1.08 bits per heavy atom. The lowest BCUT2D eigenvalue weighted by molar-refractivity contribution is -0.201. The standard InChI is InChI=1S/C19H27F3O3/c1-10(2)18(25-17(23)11(3)19(20,21)22)24-9-16-14-5-12-4-13(7-14)8-15(16)6-12/h10,12-16,18H,3-9H2,1-2H3. The second-order valence-electron chi connectivity index (χ2n) is 8.42. The van der Waals surface area contributed by atoms with Crippen molar-refractivity contribution in [3.63, 3.8) is 0 Å². The molecule has 6 heteroatoms. The third-order valence-electron chi connectivity index (χ3n) is 6.23. The van der Waals surface area contributed by atoms with Gasteiger partial charge in [-0.15, -0.1) is 0 Å². The minimum atomic E-state index is -4.78. The van der Waals surface area contributed by atoms with Crippen LogP contribution in [-0.4, -0.2) is 25.0 Å². The van der Waals surface area contributed by atoms with Crippen LogP contribution >= 0.6 is 0 Å². The highest BCUT2D eigenvalue weighted by molar-refractivity contribution is 5.89. The van der Waals surface area contributed by atoms with Crippen molar-refractivity contribution < 1.29 is 27.4 Å². The number of rotatable bonds is 6. The summed E-state index contributed by atoms with van der Waals surface area (Å²) in [6.45, 7) is 6.79. The zero-order valence-corrected chi connectivity index (χ0v) is 14.8. The summed E-state index contributed by atoms with van der Waals surface area (Å²) in [5.41, 5.74) is -1.49. The fourth-order valence-corrected chi connectivity index (χ4v) is 5.17. The topological polar surface area (TPSA) is 35.5 Å². The molecule has 142 valence electrons. The summed E-state index contributed by atoms with van der Waals surface area (Å²) in [7, 11) is 0. The van der Waals surface area contributed by atoms with Gasteiger partial charge in [-0.3, -0.25) is 0 Å². The van der Waals surface area contributed by atoms with Gasteiger partial charge >= 0.3 is 12.1 Å². The molecule has 4 rings (SSSR count). The van der Waals surface area contributed by atoms with Gasteiger partial charge < -0.3 is 9.47 Å². The van der Waals surface area contributed by atoms with Crippen LogP contribution in [0, 0.1) is 35.5 Å². The van der Waals surface area contributed by atoms with Crippen LogP contribution in [0.2, 0.25) is 0 Å². The minimum absolute atomic E-state index is 0.221. The van der Waals surface area contributed by atoms with E-state index in [0.29, 0.717) is 24.4 Å². The second-order valence-corrected chi connectivity index (χ2v) is 8.42. The van der Waals surface area contributed by atoms with Gasteiger partial charge in [-0.1, -0.05) is 20.4 Å². The van der Waals surface area contributed by atoms with Crippen molar-refractivity contribution in [1.82, 2.24) is 0 Å². The minimum Gasteiger partial charge on any atom is -0.432 e. The first kappa shape index (κ1) is 18.7. The van der Waals surface area contributed by atoms with Crippen molar-refractivity contribution in [2.45, 2.75) is 58.4 Å². The van der Waals surface area contributed by atoms with Crippen LogP contribution in [0.1, 0.15) is 46.0 Å². The maximum absolute atomic E-state index is 12.6. The number of hydrogen-bond acceptors (Lipinski definition) is 3. The van der Waals surface area contributed by atoms with E-state index in [0.717, 1.165) is 11.8 Å². The molecule has 0 spiro atoms. The van der Waals surface area contributed by atoms with Crippen LogP contribution in [0.5, 0.6) is 0 Å². The summed E-state index contributed by atoms with van der Waals surface area (Å²) in [6.07, 6.45) is 0.613. The van der Waals surface area contributed by atoms with E-state index in [-0.39, 0.29) is 5.92 Å². The summed E-state index contributed by atoms with van der Waals surface area (Å²) < 4.78 is 48.5. The van der Waals surface area contributed by atoms with Gasteiger partial charge in [0.1, 0.15) is 5.57 Å². The average molecular weight is 360 g/mol. The van der Waals surface area contributed by atoms with Gasteiger partial charge in [0.25, 0.3) is 0 Å². The third-order valence-corrected chi connectivity index (χ3v) is 6.23. The largest absolute Gasteiger partial charge is 0.432 e. The quantitative estimate of drug-likeness (QED) is 0.391. The molecule has 4 saturated carbocycles. The van der Waals surface area contributed by atoms with Crippen LogP contribution in [0.3, 0.4) is 0 Å². The first-order valence-electron chi connectivity index (χ1n) is 9.23. The van der Waals surface area contributed by atoms with Crippen molar-refractivity contribution in [1.29, 1.82) is 0 Å². The van der Waals surface area contributed by atoms with Gasteiger partial charge in [-0.05, 0) is 61.7 Å². The molecule has 25 heavy (non-hydrogen) atoms. The SMILES string of the molecule is C=C(C(=O)OC(OCC1C2CC3CC(C2)CC1C3)C(C)C)C(F)(F)F. The summed E-state index contributed by atoms with van der Waals surface area (Å²) in [6, 6.07) is 0. The van der Waals surface area contributed by atoms with E-state index in [9.17, 15) is 18.0 Å². The van der Waals surface area contributed by atoms with Gasteiger partial charge in [0.15, 0.2) is 0 Å². The van der Waals surface area contributed by atoms with Gasteiger partial charge in [0.2, 0.25) is 6.29 Å². The number of carbonyl (C=O) groups is 1. The fourth-order valence-electron chi connectivity index (χ4n) is 5.17. The lowest BCUT2D eigenvalue weighted by Gasteiger charge is -2.54. The summed E-state index contributed by atoms with van der Waals surface area (Å²) in [5.74, 6) is 1.80. The number of ether oxygens (including phenoxy) is 2. The Morgan fingerprint density at radius 2 is 1.60 bits per heavy atom. The third kappa shape index (κ3) is 4.04. The van der Waals surface area contributed by atoms with E-state index in [1.165, 1.54) is 32.1 Å². The molecule has 0 N–H and O–H groups in total. The molecule has 0 aromatic heterocycles. The predicted octanol–water partition coefficient (Wildman–Crippen LogP) is 4.72. The molecule has 0 aromatic carbocycles.